The quantitative estimate of drug-likeness (QED) is 0.783. The first-order valence-corrected chi connectivity index (χ1v) is 6.68. The second-order valence-corrected chi connectivity index (χ2v) is 4.78. The molecule has 2 heteroatoms. The minimum atomic E-state index is 0.329. The predicted molar refractivity (Wildman–Crippen MR) is 69.8 cm³/mol. The molecule has 1 fully saturated rings. The number of nitrogens with zero attached hydrogens (tertiary/aromatic N) is 1. The molecule has 1 aliphatic heterocycles. The third-order valence-corrected chi connectivity index (χ3v) is 3.43. The van der Waals surface area contributed by atoms with Gasteiger partial charge in [0.2, 0.25) is 5.91 Å². The molecule has 0 bridgehead atoms. The van der Waals surface area contributed by atoms with Crippen LogP contribution in [0.15, 0.2) is 30.3 Å². The van der Waals surface area contributed by atoms with E-state index in [1.165, 1.54) is 31.2 Å². The van der Waals surface area contributed by atoms with Crippen LogP contribution in [-0.2, 0) is 11.2 Å². The third kappa shape index (κ3) is 3.88. The van der Waals surface area contributed by atoms with Gasteiger partial charge in [0, 0.05) is 19.5 Å². The van der Waals surface area contributed by atoms with Crippen molar-refractivity contribution in [2.75, 3.05) is 13.1 Å². The number of hydrogen-bond acceptors (Lipinski definition) is 1. The Labute approximate surface area is 104 Å². The number of carbonyl (C=O) groups excluding carboxylic acids is 1. The van der Waals surface area contributed by atoms with Gasteiger partial charge in [-0.3, -0.25) is 4.79 Å². The second-order valence-electron chi connectivity index (χ2n) is 4.78. The molecule has 1 amide bonds. The summed E-state index contributed by atoms with van der Waals surface area (Å²) in [5.41, 5.74) is 1.26. The first-order chi connectivity index (χ1) is 8.36. The van der Waals surface area contributed by atoms with E-state index in [2.05, 4.69) is 17.0 Å². The van der Waals surface area contributed by atoms with E-state index >= 15 is 0 Å². The molecule has 1 aromatic rings. The fourth-order valence-corrected chi connectivity index (χ4v) is 2.37. The SMILES string of the molecule is O=C(CCc1ccccc1)N1CCCCCC1. The number of likely N-dealkylation sites (tertiary alicyclic amines) is 1. The molecular weight excluding hydrogens is 210 g/mol. The molecule has 0 spiro atoms. The van der Waals surface area contributed by atoms with Crippen LogP contribution in [0.25, 0.3) is 0 Å². The van der Waals surface area contributed by atoms with Crippen LogP contribution < -0.4 is 0 Å². The van der Waals surface area contributed by atoms with E-state index in [0.717, 1.165) is 19.5 Å². The highest BCUT2D eigenvalue weighted by molar-refractivity contribution is 5.76. The highest BCUT2D eigenvalue weighted by Crippen LogP contribution is 2.12. The molecule has 2 nitrogen and oxygen atoms in total. The Bertz CT molecular complexity index is 339. The predicted octanol–water partition coefficient (Wildman–Crippen LogP) is 3.02. The van der Waals surface area contributed by atoms with Crippen molar-refractivity contribution >= 4 is 5.91 Å². The van der Waals surface area contributed by atoms with Gasteiger partial charge in [0.1, 0.15) is 0 Å². The summed E-state index contributed by atoms with van der Waals surface area (Å²) in [5.74, 6) is 0.329. The molecule has 92 valence electrons. The fourth-order valence-electron chi connectivity index (χ4n) is 2.37. The van der Waals surface area contributed by atoms with Crippen LogP contribution >= 0.6 is 0 Å². The van der Waals surface area contributed by atoms with Crippen LogP contribution in [0.5, 0.6) is 0 Å². The minimum Gasteiger partial charge on any atom is -0.343 e. The number of aryl methyl sites for hydroxylation is 1. The normalized spacial score (nSPS) is 16.6. The first kappa shape index (κ1) is 12.2. The molecular formula is C15H21NO. The summed E-state index contributed by atoms with van der Waals surface area (Å²) in [6.45, 7) is 1.93. The average molecular weight is 231 g/mol. The van der Waals surface area contributed by atoms with Gasteiger partial charge in [-0.2, -0.15) is 0 Å². The zero-order chi connectivity index (χ0) is 11.9. The van der Waals surface area contributed by atoms with Gasteiger partial charge in [-0.05, 0) is 24.8 Å². The van der Waals surface area contributed by atoms with Crippen molar-refractivity contribution in [3.05, 3.63) is 35.9 Å². The summed E-state index contributed by atoms with van der Waals surface area (Å²) in [5, 5.41) is 0. The Morgan fingerprint density at radius 3 is 2.29 bits per heavy atom. The van der Waals surface area contributed by atoms with E-state index in [1.54, 1.807) is 0 Å². The monoisotopic (exact) mass is 231 g/mol. The molecule has 1 aromatic carbocycles. The molecule has 0 aliphatic carbocycles. The maximum Gasteiger partial charge on any atom is 0.222 e. The van der Waals surface area contributed by atoms with E-state index < -0.39 is 0 Å². The number of benzene rings is 1. The molecule has 17 heavy (non-hydrogen) atoms. The lowest BCUT2D eigenvalue weighted by Gasteiger charge is -2.20. The van der Waals surface area contributed by atoms with Crippen LogP contribution in [0.3, 0.4) is 0 Å². The van der Waals surface area contributed by atoms with Crippen LogP contribution in [0, 0.1) is 0 Å². The standard InChI is InChI=1S/C15H21NO/c17-15(16-12-6-1-2-7-13-16)11-10-14-8-4-3-5-9-14/h3-5,8-9H,1-2,6-7,10-13H2. The van der Waals surface area contributed by atoms with Gasteiger partial charge in [-0.15, -0.1) is 0 Å². The summed E-state index contributed by atoms with van der Waals surface area (Å²) in [7, 11) is 0. The van der Waals surface area contributed by atoms with E-state index in [1.807, 2.05) is 18.2 Å². The molecule has 0 unspecified atom stereocenters. The lowest BCUT2D eigenvalue weighted by Crippen LogP contribution is -2.31. The molecule has 0 atom stereocenters. The lowest BCUT2D eigenvalue weighted by atomic mass is 10.1. The van der Waals surface area contributed by atoms with Gasteiger partial charge in [0.15, 0.2) is 0 Å². The average Bonchev–Trinajstić information content (AvgIpc) is 2.66. The van der Waals surface area contributed by atoms with Crippen LogP contribution in [0.4, 0.5) is 0 Å². The largest absolute Gasteiger partial charge is 0.343 e. The minimum absolute atomic E-state index is 0.329. The van der Waals surface area contributed by atoms with Gasteiger partial charge in [-0.25, -0.2) is 0 Å². The van der Waals surface area contributed by atoms with Gasteiger partial charge >= 0.3 is 0 Å². The van der Waals surface area contributed by atoms with E-state index in [-0.39, 0.29) is 0 Å². The molecule has 1 saturated heterocycles. The molecule has 0 N–H and O–H groups in total. The van der Waals surface area contributed by atoms with E-state index in [9.17, 15) is 4.79 Å². The Balaban J connectivity index is 1.80. The van der Waals surface area contributed by atoms with Crippen molar-refractivity contribution in [2.24, 2.45) is 0 Å². The summed E-state index contributed by atoms with van der Waals surface area (Å²) < 4.78 is 0. The highest BCUT2D eigenvalue weighted by Gasteiger charge is 2.14. The van der Waals surface area contributed by atoms with E-state index in [4.69, 9.17) is 0 Å². The Morgan fingerprint density at radius 1 is 1.00 bits per heavy atom. The summed E-state index contributed by atoms with van der Waals surface area (Å²) in [4.78, 5) is 14.1. The topological polar surface area (TPSA) is 20.3 Å². The smallest absolute Gasteiger partial charge is 0.222 e. The number of rotatable bonds is 3. The molecule has 1 aliphatic rings. The summed E-state index contributed by atoms with van der Waals surface area (Å²) in [6.07, 6.45) is 6.44. The van der Waals surface area contributed by atoms with Crippen molar-refractivity contribution in [3.63, 3.8) is 0 Å². The Hall–Kier alpha value is -1.31. The van der Waals surface area contributed by atoms with Gasteiger partial charge < -0.3 is 4.90 Å². The van der Waals surface area contributed by atoms with Crippen LogP contribution in [-0.4, -0.2) is 23.9 Å². The zero-order valence-electron chi connectivity index (χ0n) is 10.4. The van der Waals surface area contributed by atoms with Crippen molar-refractivity contribution in [1.82, 2.24) is 4.90 Å². The van der Waals surface area contributed by atoms with Gasteiger partial charge in [-0.1, -0.05) is 43.2 Å². The Kier molecular flexibility index (Phi) is 4.60. The number of amides is 1. The van der Waals surface area contributed by atoms with Crippen molar-refractivity contribution in [3.8, 4) is 0 Å². The van der Waals surface area contributed by atoms with Gasteiger partial charge in [0.25, 0.3) is 0 Å². The fraction of sp³-hybridized carbons (Fsp3) is 0.533. The summed E-state index contributed by atoms with van der Waals surface area (Å²) >= 11 is 0. The maximum absolute atomic E-state index is 12.1. The number of hydrogen-bond donors (Lipinski definition) is 0. The van der Waals surface area contributed by atoms with E-state index in [0.29, 0.717) is 12.3 Å². The molecule has 1 heterocycles. The summed E-state index contributed by atoms with van der Waals surface area (Å²) in [6, 6.07) is 10.3. The first-order valence-electron chi connectivity index (χ1n) is 6.68. The highest BCUT2D eigenvalue weighted by atomic mass is 16.2. The van der Waals surface area contributed by atoms with Crippen molar-refractivity contribution in [2.45, 2.75) is 38.5 Å². The second kappa shape index (κ2) is 6.43. The molecule has 0 radical (unpaired) electrons. The van der Waals surface area contributed by atoms with Crippen molar-refractivity contribution < 1.29 is 4.79 Å². The van der Waals surface area contributed by atoms with Crippen molar-refractivity contribution in [1.29, 1.82) is 0 Å². The molecule has 0 aromatic heterocycles. The van der Waals surface area contributed by atoms with Gasteiger partial charge in [0.05, 0.1) is 0 Å². The molecule has 2 rings (SSSR count). The van der Waals surface area contributed by atoms with Crippen LogP contribution in [0.2, 0.25) is 0 Å². The van der Waals surface area contributed by atoms with Crippen LogP contribution in [0.1, 0.15) is 37.7 Å². The third-order valence-electron chi connectivity index (χ3n) is 3.43. The molecule has 0 saturated carbocycles. The zero-order valence-corrected chi connectivity index (χ0v) is 10.4. The Morgan fingerprint density at radius 2 is 1.65 bits per heavy atom. The number of carbonyl (C=O) groups is 1. The lowest BCUT2D eigenvalue weighted by molar-refractivity contribution is -0.131. The maximum atomic E-state index is 12.1.